The molecule has 0 unspecified atom stereocenters. The van der Waals surface area contributed by atoms with E-state index in [0.29, 0.717) is 17.8 Å². The maximum atomic E-state index is 12.9. The van der Waals surface area contributed by atoms with Gasteiger partial charge in [0.05, 0.1) is 10.6 Å². The van der Waals surface area contributed by atoms with Crippen molar-refractivity contribution in [3.8, 4) is 0 Å². The van der Waals surface area contributed by atoms with E-state index >= 15 is 0 Å². The first-order valence-electron chi connectivity index (χ1n) is 10.9. The summed E-state index contributed by atoms with van der Waals surface area (Å²) >= 11 is 0. The second kappa shape index (κ2) is 11.1. The van der Waals surface area contributed by atoms with Gasteiger partial charge in [0.15, 0.2) is 0 Å². The Labute approximate surface area is 196 Å². The summed E-state index contributed by atoms with van der Waals surface area (Å²) in [5.41, 5.74) is 3.25. The zero-order chi connectivity index (χ0) is 23.8. The van der Waals surface area contributed by atoms with E-state index in [4.69, 9.17) is 0 Å². The molecule has 174 valence electrons. The molecule has 1 N–H and O–H groups in total. The van der Waals surface area contributed by atoms with E-state index in [1.807, 2.05) is 25.1 Å². The van der Waals surface area contributed by atoms with E-state index in [9.17, 15) is 13.2 Å². The van der Waals surface area contributed by atoms with Crippen molar-refractivity contribution in [1.82, 2.24) is 10.2 Å². The van der Waals surface area contributed by atoms with Crippen molar-refractivity contribution in [1.29, 1.82) is 0 Å². The fourth-order valence-electron chi connectivity index (χ4n) is 3.46. The molecular weight excluding hydrogens is 434 g/mol. The zero-order valence-corrected chi connectivity index (χ0v) is 20.2. The molecule has 0 atom stereocenters. The number of hydrogen-bond donors (Lipinski definition) is 1. The Kier molecular flexibility index (Phi) is 8.25. The van der Waals surface area contributed by atoms with E-state index in [2.05, 4.69) is 29.4 Å². The van der Waals surface area contributed by atoms with Crippen LogP contribution < -0.4 is 9.62 Å². The number of benzene rings is 3. The summed E-state index contributed by atoms with van der Waals surface area (Å²) in [6, 6.07) is 23.6. The number of nitrogens with zero attached hydrogens (tertiary/aromatic N) is 2. The predicted molar refractivity (Wildman–Crippen MR) is 133 cm³/mol. The Morgan fingerprint density at radius 3 is 2.15 bits per heavy atom. The van der Waals surface area contributed by atoms with Crippen LogP contribution in [0.4, 0.5) is 5.69 Å². The van der Waals surface area contributed by atoms with E-state index in [1.165, 1.54) is 16.9 Å². The normalized spacial score (nSPS) is 11.4. The minimum absolute atomic E-state index is 0.170. The Bertz CT molecular complexity index is 1150. The number of rotatable bonds is 10. The summed E-state index contributed by atoms with van der Waals surface area (Å²) in [6.07, 6.45) is 0.838. The molecule has 1 amide bonds. The second-order valence-electron chi connectivity index (χ2n) is 8.17. The number of nitrogens with one attached hydrogen (secondary N) is 1. The molecule has 33 heavy (non-hydrogen) atoms. The summed E-state index contributed by atoms with van der Waals surface area (Å²) in [4.78, 5) is 14.9. The summed E-state index contributed by atoms with van der Waals surface area (Å²) in [7, 11) is -0.0879. The number of amides is 1. The minimum atomic E-state index is -3.66. The molecule has 3 aromatic carbocycles. The third-order valence-corrected chi connectivity index (χ3v) is 7.27. The van der Waals surface area contributed by atoms with Gasteiger partial charge in [-0.15, -0.1) is 0 Å². The third kappa shape index (κ3) is 6.66. The molecule has 0 bridgehead atoms. The standard InChI is InChI=1S/C26H31N3O3S/c1-21-10-16-25(17-11-21)33(31,32)29(3)24-14-12-23(13-15-24)26(30)27-18-7-19-28(2)20-22-8-5-4-6-9-22/h4-6,8-17H,7,18-20H2,1-3H3,(H,27,30). The van der Waals surface area contributed by atoms with E-state index in [0.717, 1.165) is 25.1 Å². The molecule has 7 heteroatoms. The Morgan fingerprint density at radius 1 is 0.879 bits per heavy atom. The topological polar surface area (TPSA) is 69.7 Å². The molecular formula is C26H31N3O3S. The number of hydrogen-bond acceptors (Lipinski definition) is 4. The van der Waals surface area contributed by atoms with Crippen molar-refractivity contribution in [2.45, 2.75) is 24.8 Å². The fourth-order valence-corrected chi connectivity index (χ4v) is 4.65. The molecule has 0 aliphatic rings. The molecule has 0 heterocycles. The molecule has 0 aliphatic heterocycles. The van der Waals surface area contributed by atoms with Gasteiger partial charge in [-0.05, 0) is 68.9 Å². The summed E-state index contributed by atoms with van der Waals surface area (Å²) in [5, 5.41) is 2.93. The maximum absolute atomic E-state index is 12.9. The average Bonchev–Trinajstić information content (AvgIpc) is 2.82. The fraction of sp³-hybridized carbons (Fsp3) is 0.269. The highest BCUT2D eigenvalue weighted by Crippen LogP contribution is 2.22. The van der Waals surface area contributed by atoms with Crippen molar-refractivity contribution in [3.05, 3.63) is 95.6 Å². The van der Waals surface area contributed by atoms with Gasteiger partial charge in [0.25, 0.3) is 15.9 Å². The van der Waals surface area contributed by atoms with Crippen LogP contribution in [0, 0.1) is 6.92 Å². The van der Waals surface area contributed by atoms with Gasteiger partial charge in [-0.3, -0.25) is 9.10 Å². The highest BCUT2D eigenvalue weighted by molar-refractivity contribution is 7.92. The van der Waals surface area contributed by atoms with Gasteiger partial charge >= 0.3 is 0 Å². The molecule has 0 aliphatic carbocycles. The first-order valence-corrected chi connectivity index (χ1v) is 12.4. The Morgan fingerprint density at radius 2 is 1.52 bits per heavy atom. The minimum Gasteiger partial charge on any atom is -0.352 e. The highest BCUT2D eigenvalue weighted by Gasteiger charge is 2.21. The van der Waals surface area contributed by atoms with Crippen molar-refractivity contribution in [2.24, 2.45) is 0 Å². The lowest BCUT2D eigenvalue weighted by Gasteiger charge is -2.20. The number of anilines is 1. The number of sulfonamides is 1. The van der Waals surface area contributed by atoms with Crippen LogP contribution in [0.5, 0.6) is 0 Å². The van der Waals surface area contributed by atoms with Crippen molar-refractivity contribution in [2.75, 3.05) is 31.5 Å². The molecule has 3 aromatic rings. The molecule has 0 fully saturated rings. The molecule has 3 rings (SSSR count). The monoisotopic (exact) mass is 465 g/mol. The molecule has 0 saturated heterocycles. The van der Waals surface area contributed by atoms with E-state index < -0.39 is 10.0 Å². The lowest BCUT2D eigenvalue weighted by molar-refractivity contribution is 0.0952. The van der Waals surface area contributed by atoms with E-state index in [1.54, 1.807) is 48.5 Å². The Hall–Kier alpha value is -3.16. The van der Waals surface area contributed by atoms with Gasteiger partial charge < -0.3 is 10.2 Å². The van der Waals surface area contributed by atoms with Crippen molar-refractivity contribution >= 4 is 21.6 Å². The van der Waals surface area contributed by atoms with Crippen LogP contribution in [0.15, 0.2) is 83.8 Å². The van der Waals surface area contributed by atoms with Gasteiger partial charge in [0.2, 0.25) is 0 Å². The van der Waals surface area contributed by atoms with Crippen LogP contribution in [-0.2, 0) is 16.6 Å². The van der Waals surface area contributed by atoms with Gasteiger partial charge in [-0.1, -0.05) is 48.0 Å². The van der Waals surface area contributed by atoms with Gasteiger partial charge in [-0.2, -0.15) is 0 Å². The van der Waals surface area contributed by atoms with Crippen molar-refractivity contribution < 1.29 is 13.2 Å². The SMILES string of the molecule is Cc1ccc(S(=O)(=O)N(C)c2ccc(C(=O)NCCCN(C)Cc3ccccc3)cc2)cc1. The first kappa shape index (κ1) is 24.5. The third-order valence-electron chi connectivity index (χ3n) is 5.47. The lowest BCUT2D eigenvalue weighted by atomic mass is 10.2. The number of carbonyl (C=O) groups excluding carboxylic acids is 1. The average molecular weight is 466 g/mol. The quantitative estimate of drug-likeness (QED) is 0.458. The highest BCUT2D eigenvalue weighted by atomic mass is 32.2. The largest absolute Gasteiger partial charge is 0.352 e. The van der Waals surface area contributed by atoms with Crippen LogP contribution in [-0.4, -0.2) is 46.4 Å². The molecule has 0 saturated carbocycles. The van der Waals surface area contributed by atoms with E-state index in [-0.39, 0.29) is 10.8 Å². The first-order chi connectivity index (χ1) is 15.8. The lowest BCUT2D eigenvalue weighted by Crippen LogP contribution is -2.28. The Balaban J connectivity index is 1.50. The van der Waals surface area contributed by atoms with Crippen LogP contribution in [0.2, 0.25) is 0 Å². The number of carbonyl (C=O) groups is 1. The maximum Gasteiger partial charge on any atom is 0.264 e. The van der Waals surface area contributed by atoms with Crippen LogP contribution in [0.1, 0.15) is 27.9 Å². The summed E-state index contributed by atoms with van der Waals surface area (Å²) in [5.74, 6) is -0.170. The summed E-state index contributed by atoms with van der Waals surface area (Å²) < 4.78 is 26.9. The van der Waals surface area contributed by atoms with Crippen LogP contribution >= 0.6 is 0 Å². The molecule has 0 radical (unpaired) electrons. The van der Waals surface area contributed by atoms with Crippen LogP contribution in [0.25, 0.3) is 0 Å². The van der Waals surface area contributed by atoms with Crippen molar-refractivity contribution in [3.63, 3.8) is 0 Å². The van der Waals surface area contributed by atoms with Crippen LogP contribution in [0.3, 0.4) is 0 Å². The predicted octanol–water partition coefficient (Wildman–Crippen LogP) is 4.07. The molecule has 6 nitrogen and oxygen atoms in total. The van der Waals surface area contributed by atoms with Gasteiger partial charge in [0.1, 0.15) is 0 Å². The van der Waals surface area contributed by atoms with Gasteiger partial charge in [0, 0.05) is 25.7 Å². The molecule has 0 spiro atoms. The summed E-state index contributed by atoms with van der Waals surface area (Å²) in [6.45, 7) is 4.22. The zero-order valence-electron chi connectivity index (χ0n) is 19.4. The van der Waals surface area contributed by atoms with Gasteiger partial charge in [-0.25, -0.2) is 8.42 Å². The smallest absolute Gasteiger partial charge is 0.264 e. The second-order valence-corrected chi connectivity index (χ2v) is 10.1. The number of aryl methyl sites for hydroxylation is 1. The molecule has 0 aromatic heterocycles.